The summed E-state index contributed by atoms with van der Waals surface area (Å²) in [6, 6.07) is 7.64. The number of fused-ring (bicyclic) bond motifs is 1. The van der Waals surface area contributed by atoms with Gasteiger partial charge < -0.3 is 9.15 Å². The number of methoxy groups -OCH3 is 1. The van der Waals surface area contributed by atoms with Crippen molar-refractivity contribution in [1.29, 1.82) is 0 Å². The maximum atomic E-state index is 10.5. The summed E-state index contributed by atoms with van der Waals surface area (Å²) in [5, 5.41) is 0.964. The zero-order valence-electron chi connectivity index (χ0n) is 8.53. The lowest BCUT2D eigenvalue weighted by atomic mass is 10.1. The van der Waals surface area contributed by atoms with E-state index in [2.05, 4.69) is 0 Å². The molecule has 0 atom stereocenters. The Kier molecular flexibility index (Phi) is 2.83. The second-order valence-electron chi connectivity index (χ2n) is 3.38. The Bertz CT molecular complexity index is 471. The van der Waals surface area contributed by atoms with Crippen LogP contribution in [0.1, 0.15) is 16.1 Å². The molecule has 2 rings (SSSR count). The molecular formula is C12H12O3. The van der Waals surface area contributed by atoms with E-state index in [1.54, 1.807) is 13.2 Å². The molecule has 0 amide bonds. The molecule has 0 bridgehead atoms. The van der Waals surface area contributed by atoms with E-state index >= 15 is 0 Å². The number of carbonyl (C=O) groups is 1. The van der Waals surface area contributed by atoms with Crippen molar-refractivity contribution in [1.82, 2.24) is 0 Å². The van der Waals surface area contributed by atoms with Gasteiger partial charge in [-0.05, 0) is 30.2 Å². The van der Waals surface area contributed by atoms with Crippen molar-refractivity contribution < 1.29 is 13.9 Å². The van der Waals surface area contributed by atoms with Crippen molar-refractivity contribution in [2.45, 2.75) is 6.42 Å². The van der Waals surface area contributed by atoms with Gasteiger partial charge in [0.2, 0.25) is 0 Å². The fourth-order valence-electron chi connectivity index (χ4n) is 1.55. The third-order valence-electron chi connectivity index (χ3n) is 2.31. The van der Waals surface area contributed by atoms with Crippen LogP contribution in [0, 0.1) is 0 Å². The average molecular weight is 204 g/mol. The van der Waals surface area contributed by atoms with E-state index in [1.165, 1.54) is 5.56 Å². The number of rotatable bonds is 4. The molecule has 0 N–H and O–H groups in total. The fraction of sp³-hybridized carbons (Fsp3) is 0.250. The van der Waals surface area contributed by atoms with E-state index in [4.69, 9.17) is 9.15 Å². The molecule has 0 saturated carbocycles. The molecule has 3 heteroatoms. The summed E-state index contributed by atoms with van der Waals surface area (Å²) in [6.45, 7) is 0.698. The minimum absolute atomic E-state index is 0.369. The lowest BCUT2D eigenvalue weighted by Gasteiger charge is -1.99. The maximum Gasteiger partial charge on any atom is 0.185 e. The maximum absolute atomic E-state index is 10.5. The molecule has 1 heterocycles. The SMILES string of the molecule is COCCc1ccc2oc(C=O)cc2c1. The van der Waals surface area contributed by atoms with Gasteiger partial charge in [0, 0.05) is 12.5 Å². The minimum atomic E-state index is 0.369. The normalized spacial score (nSPS) is 10.7. The van der Waals surface area contributed by atoms with Crippen LogP contribution in [0.2, 0.25) is 0 Å². The summed E-state index contributed by atoms with van der Waals surface area (Å²) < 4.78 is 10.3. The average Bonchev–Trinajstić information content (AvgIpc) is 2.68. The Morgan fingerprint density at radius 3 is 3.00 bits per heavy atom. The van der Waals surface area contributed by atoms with Crippen molar-refractivity contribution in [2.24, 2.45) is 0 Å². The van der Waals surface area contributed by atoms with Crippen molar-refractivity contribution in [3.05, 3.63) is 35.6 Å². The molecule has 2 aromatic rings. The van der Waals surface area contributed by atoms with E-state index < -0.39 is 0 Å². The van der Waals surface area contributed by atoms with Crippen LogP contribution in [0.5, 0.6) is 0 Å². The van der Waals surface area contributed by atoms with Crippen LogP contribution in [-0.2, 0) is 11.2 Å². The van der Waals surface area contributed by atoms with Gasteiger partial charge in [-0.3, -0.25) is 4.79 Å². The summed E-state index contributed by atoms with van der Waals surface area (Å²) in [7, 11) is 1.68. The Balaban J connectivity index is 2.33. The van der Waals surface area contributed by atoms with Gasteiger partial charge in [0.1, 0.15) is 5.58 Å². The highest BCUT2D eigenvalue weighted by Gasteiger charge is 2.03. The summed E-state index contributed by atoms with van der Waals surface area (Å²) >= 11 is 0. The fourth-order valence-corrected chi connectivity index (χ4v) is 1.55. The molecule has 15 heavy (non-hydrogen) atoms. The quantitative estimate of drug-likeness (QED) is 0.718. The van der Waals surface area contributed by atoms with E-state index in [0.717, 1.165) is 23.7 Å². The van der Waals surface area contributed by atoms with Crippen LogP contribution >= 0.6 is 0 Å². The molecule has 0 spiro atoms. The molecule has 3 nitrogen and oxygen atoms in total. The molecule has 1 aromatic carbocycles. The Labute approximate surface area is 87.6 Å². The van der Waals surface area contributed by atoms with Gasteiger partial charge >= 0.3 is 0 Å². The molecule has 0 aliphatic carbocycles. The van der Waals surface area contributed by atoms with Gasteiger partial charge in [0.25, 0.3) is 0 Å². The van der Waals surface area contributed by atoms with Crippen LogP contribution in [0.25, 0.3) is 11.0 Å². The first-order chi connectivity index (χ1) is 7.33. The highest BCUT2D eigenvalue weighted by Crippen LogP contribution is 2.20. The van der Waals surface area contributed by atoms with Gasteiger partial charge in [-0.1, -0.05) is 6.07 Å². The molecule has 1 aromatic heterocycles. The molecule has 0 aliphatic rings. The summed E-state index contributed by atoms with van der Waals surface area (Å²) in [5.74, 6) is 0.369. The first-order valence-electron chi connectivity index (χ1n) is 4.80. The molecule has 0 saturated heterocycles. The van der Waals surface area contributed by atoms with Crippen molar-refractivity contribution in [2.75, 3.05) is 13.7 Å². The summed E-state index contributed by atoms with van der Waals surface area (Å²) in [6.07, 6.45) is 1.59. The second kappa shape index (κ2) is 4.28. The number of carbonyl (C=O) groups excluding carboxylic acids is 1. The van der Waals surface area contributed by atoms with Gasteiger partial charge in [-0.15, -0.1) is 0 Å². The number of furan rings is 1. The van der Waals surface area contributed by atoms with Crippen LogP contribution in [0.15, 0.2) is 28.7 Å². The standard InChI is InChI=1S/C12H12O3/c1-14-5-4-9-2-3-12-10(6-9)7-11(8-13)15-12/h2-3,6-8H,4-5H2,1H3. The first kappa shape index (κ1) is 9.93. The smallest absolute Gasteiger partial charge is 0.185 e. The van der Waals surface area contributed by atoms with Gasteiger partial charge in [-0.2, -0.15) is 0 Å². The zero-order valence-corrected chi connectivity index (χ0v) is 8.53. The van der Waals surface area contributed by atoms with E-state index in [-0.39, 0.29) is 0 Å². The highest BCUT2D eigenvalue weighted by molar-refractivity contribution is 5.85. The van der Waals surface area contributed by atoms with Crippen LogP contribution in [0.3, 0.4) is 0 Å². The molecule has 0 radical (unpaired) electrons. The predicted octanol–water partition coefficient (Wildman–Crippen LogP) is 2.43. The third-order valence-corrected chi connectivity index (χ3v) is 2.31. The van der Waals surface area contributed by atoms with Gasteiger partial charge in [-0.25, -0.2) is 0 Å². The first-order valence-corrected chi connectivity index (χ1v) is 4.80. The number of aldehydes is 1. The molecule has 0 unspecified atom stereocenters. The monoisotopic (exact) mass is 204 g/mol. The molecule has 78 valence electrons. The van der Waals surface area contributed by atoms with Crippen LogP contribution in [-0.4, -0.2) is 20.0 Å². The number of ether oxygens (including phenoxy) is 1. The molecular weight excluding hydrogens is 192 g/mol. The Morgan fingerprint density at radius 1 is 1.40 bits per heavy atom. The number of hydrogen-bond acceptors (Lipinski definition) is 3. The highest BCUT2D eigenvalue weighted by atomic mass is 16.5. The largest absolute Gasteiger partial charge is 0.453 e. The Morgan fingerprint density at radius 2 is 2.27 bits per heavy atom. The number of benzene rings is 1. The van der Waals surface area contributed by atoms with E-state index in [1.807, 2.05) is 18.2 Å². The summed E-state index contributed by atoms with van der Waals surface area (Å²) in [4.78, 5) is 10.5. The Hall–Kier alpha value is -1.61. The van der Waals surface area contributed by atoms with Crippen LogP contribution < -0.4 is 0 Å². The van der Waals surface area contributed by atoms with Crippen LogP contribution in [0.4, 0.5) is 0 Å². The van der Waals surface area contributed by atoms with E-state index in [9.17, 15) is 4.79 Å². The lowest BCUT2D eigenvalue weighted by Crippen LogP contribution is -1.93. The lowest BCUT2D eigenvalue weighted by molar-refractivity contribution is 0.110. The third kappa shape index (κ3) is 2.07. The van der Waals surface area contributed by atoms with E-state index in [0.29, 0.717) is 12.4 Å². The molecule has 0 fully saturated rings. The second-order valence-corrected chi connectivity index (χ2v) is 3.38. The summed E-state index contributed by atoms with van der Waals surface area (Å²) in [5.41, 5.74) is 1.93. The topological polar surface area (TPSA) is 39.4 Å². The van der Waals surface area contributed by atoms with Crippen molar-refractivity contribution in [3.8, 4) is 0 Å². The predicted molar refractivity (Wildman–Crippen MR) is 57.2 cm³/mol. The van der Waals surface area contributed by atoms with Gasteiger partial charge in [0.15, 0.2) is 12.0 Å². The van der Waals surface area contributed by atoms with Crippen molar-refractivity contribution in [3.63, 3.8) is 0 Å². The minimum Gasteiger partial charge on any atom is -0.453 e. The zero-order chi connectivity index (χ0) is 10.7. The number of hydrogen-bond donors (Lipinski definition) is 0. The van der Waals surface area contributed by atoms with Crippen molar-refractivity contribution >= 4 is 17.3 Å². The molecule has 0 aliphatic heterocycles. The van der Waals surface area contributed by atoms with Gasteiger partial charge in [0.05, 0.1) is 6.61 Å².